The molecule has 1 aliphatic heterocycles. The number of hydrogen-bond donors (Lipinski definition) is 1. The number of rotatable bonds is 5. The molecule has 2 amide bonds. The Bertz CT molecular complexity index is 856. The lowest BCUT2D eigenvalue weighted by Gasteiger charge is -2.29. The highest BCUT2D eigenvalue weighted by Gasteiger charge is 2.26. The third-order valence-electron chi connectivity index (χ3n) is 4.42. The maximum atomic E-state index is 12.5. The van der Waals surface area contributed by atoms with Crippen molar-refractivity contribution < 1.29 is 28.3 Å². The van der Waals surface area contributed by atoms with Gasteiger partial charge in [0.25, 0.3) is 11.8 Å². The normalized spacial score (nSPS) is 15.0. The number of carbonyl (C=O) groups is 3. The zero-order chi connectivity index (χ0) is 20.1. The Morgan fingerprint density at radius 1 is 1.18 bits per heavy atom. The fourth-order valence-electron chi connectivity index (χ4n) is 2.80. The predicted molar refractivity (Wildman–Crippen MR) is 100 cm³/mol. The lowest BCUT2D eigenvalue weighted by Crippen LogP contribution is -2.46. The molecule has 0 saturated carbocycles. The van der Waals surface area contributed by atoms with Gasteiger partial charge in [-0.15, -0.1) is 0 Å². The summed E-state index contributed by atoms with van der Waals surface area (Å²) in [5.74, 6) is -1.15. The number of carbonyl (C=O) groups excluding carboxylic acids is 3. The lowest BCUT2D eigenvalue weighted by molar-refractivity contribution is -0.143. The molecule has 0 bridgehead atoms. The van der Waals surface area contributed by atoms with Crippen LogP contribution in [0.5, 0.6) is 0 Å². The van der Waals surface area contributed by atoms with Gasteiger partial charge in [0.1, 0.15) is 0 Å². The number of nitrogens with one attached hydrogen (secondary N) is 1. The van der Waals surface area contributed by atoms with Crippen molar-refractivity contribution in [3.8, 4) is 0 Å². The Morgan fingerprint density at radius 3 is 2.61 bits per heavy atom. The van der Waals surface area contributed by atoms with Crippen LogP contribution in [0.2, 0.25) is 0 Å². The zero-order valence-electron chi connectivity index (χ0n) is 15.8. The highest BCUT2D eigenvalue weighted by Crippen LogP contribution is 2.19. The molecule has 1 aromatic carbocycles. The monoisotopic (exact) mass is 386 g/mol. The Balaban J connectivity index is 1.66. The molecule has 1 atom stereocenters. The van der Waals surface area contributed by atoms with E-state index in [2.05, 4.69) is 5.32 Å². The van der Waals surface area contributed by atoms with Gasteiger partial charge in [0, 0.05) is 18.8 Å². The summed E-state index contributed by atoms with van der Waals surface area (Å²) in [5.41, 5.74) is 1.47. The van der Waals surface area contributed by atoms with Crippen molar-refractivity contribution in [2.45, 2.75) is 20.0 Å². The fourth-order valence-corrected chi connectivity index (χ4v) is 2.80. The van der Waals surface area contributed by atoms with Crippen molar-refractivity contribution in [3.63, 3.8) is 0 Å². The van der Waals surface area contributed by atoms with Crippen LogP contribution in [0.4, 0.5) is 5.69 Å². The molecule has 0 spiro atoms. The molecule has 2 heterocycles. The standard InChI is InChI=1S/C20H22N2O6/c1-13-5-6-15(12-16(13)21-18(23)17-4-3-9-27-17)20(25)28-14(2)19(24)22-7-10-26-11-8-22/h3-6,9,12,14H,7-8,10-11H2,1-2H3,(H,21,23). The van der Waals surface area contributed by atoms with E-state index in [-0.39, 0.29) is 17.2 Å². The average molecular weight is 386 g/mol. The highest BCUT2D eigenvalue weighted by atomic mass is 16.5. The van der Waals surface area contributed by atoms with Crippen molar-refractivity contribution in [1.29, 1.82) is 0 Å². The van der Waals surface area contributed by atoms with Crippen molar-refractivity contribution in [2.24, 2.45) is 0 Å². The van der Waals surface area contributed by atoms with Crippen LogP contribution >= 0.6 is 0 Å². The largest absolute Gasteiger partial charge is 0.459 e. The molecular weight excluding hydrogens is 364 g/mol. The molecule has 1 aromatic heterocycles. The number of benzene rings is 1. The highest BCUT2D eigenvalue weighted by molar-refractivity contribution is 6.03. The van der Waals surface area contributed by atoms with Crippen molar-refractivity contribution in [3.05, 3.63) is 53.5 Å². The van der Waals surface area contributed by atoms with E-state index in [1.54, 1.807) is 43.0 Å². The SMILES string of the molecule is Cc1ccc(C(=O)OC(C)C(=O)N2CCOCC2)cc1NC(=O)c1ccco1. The van der Waals surface area contributed by atoms with Gasteiger partial charge in [-0.2, -0.15) is 0 Å². The summed E-state index contributed by atoms with van der Waals surface area (Å²) in [5, 5.41) is 2.71. The first-order valence-electron chi connectivity index (χ1n) is 8.98. The van der Waals surface area contributed by atoms with Crippen molar-refractivity contribution >= 4 is 23.5 Å². The summed E-state index contributed by atoms with van der Waals surface area (Å²) in [7, 11) is 0. The van der Waals surface area contributed by atoms with Gasteiger partial charge in [-0.05, 0) is 43.7 Å². The second-order valence-electron chi connectivity index (χ2n) is 6.45. The molecule has 1 aliphatic rings. The van der Waals surface area contributed by atoms with Crippen LogP contribution < -0.4 is 5.32 Å². The van der Waals surface area contributed by atoms with E-state index in [1.807, 2.05) is 0 Å². The second-order valence-corrected chi connectivity index (χ2v) is 6.45. The molecule has 1 saturated heterocycles. The van der Waals surface area contributed by atoms with Gasteiger partial charge in [0.05, 0.1) is 25.0 Å². The van der Waals surface area contributed by atoms with E-state index in [0.717, 1.165) is 5.56 Å². The molecular formula is C20H22N2O6. The number of amides is 2. The number of esters is 1. The lowest BCUT2D eigenvalue weighted by atomic mass is 10.1. The van der Waals surface area contributed by atoms with Crippen LogP contribution in [0.1, 0.15) is 33.4 Å². The Labute approximate surface area is 162 Å². The van der Waals surface area contributed by atoms with Crippen LogP contribution in [-0.4, -0.2) is 55.1 Å². The molecule has 1 fully saturated rings. The Kier molecular flexibility index (Phi) is 6.10. The first kappa shape index (κ1) is 19.6. The van der Waals surface area contributed by atoms with Gasteiger partial charge in [-0.3, -0.25) is 9.59 Å². The molecule has 148 valence electrons. The molecule has 1 N–H and O–H groups in total. The number of furan rings is 1. The summed E-state index contributed by atoms with van der Waals surface area (Å²) >= 11 is 0. The zero-order valence-corrected chi connectivity index (χ0v) is 15.8. The predicted octanol–water partition coefficient (Wildman–Crippen LogP) is 2.24. The van der Waals surface area contributed by atoms with E-state index >= 15 is 0 Å². The summed E-state index contributed by atoms with van der Waals surface area (Å²) in [6.45, 7) is 5.26. The van der Waals surface area contributed by atoms with Gasteiger partial charge in [0.15, 0.2) is 11.9 Å². The molecule has 0 aliphatic carbocycles. The van der Waals surface area contributed by atoms with Crippen LogP contribution in [0.25, 0.3) is 0 Å². The second kappa shape index (κ2) is 8.71. The average Bonchev–Trinajstić information content (AvgIpc) is 3.24. The van der Waals surface area contributed by atoms with E-state index in [0.29, 0.717) is 32.0 Å². The topological polar surface area (TPSA) is 98.1 Å². The van der Waals surface area contributed by atoms with Gasteiger partial charge >= 0.3 is 5.97 Å². The van der Waals surface area contributed by atoms with E-state index in [1.165, 1.54) is 12.3 Å². The van der Waals surface area contributed by atoms with Crippen LogP contribution in [0, 0.1) is 6.92 Å². The molecule has 0 radical (unpaired) electrons. The molecule has 1 unspecified atom stereocenters. The van der Waals surface area contributed by atoms with E-state index in [4.69, 9.17) is 13.9 Å². The number of anilines is 1. The molecule has 8 nitrogen and oxygen atoms in total. The van der Waals surface area contributed by atoms with Gasteiger partial charge in [-0.1, -0.05) is 6.07 Å². The maximum absolute atomic E-state index is 12.5. The smallest absolute Gasteiger partial charge is 0.338 e. The Hall–Kier alpha value is -3.13. The van der Waals surface area contributed by atoms with Gasteiger partial charge in [-0.25, -0.2) is 4.79 Å². The summed E-state index contributed by atoms with van der Waals surface area (Å²) in [4.78, 5) is 38.6. The minimum absolute atomic E-state index is 0.164. The molecule has 28 heavy (non-hydrogen) atoms. The summed E-state index contributed by atoms with van der Waals surface area (Å²) in [6.07, 6.45) is 0.496. The number of ether oxygens (including phenoxy) is 2. The first-order chi connectivity index (χ1) is 13.5. The minimum Gasteiger partial charge on any atom is -0.459 e. The van der Waals surface area contributed by atoms with Gasteiger partial charge < -0.3 is 24.1 Å². The van der Waals surface area contributed by atoms with Crippen LogP contribution in [-0.2, 0) is 14.3 Å². The number of morpholine rings is 1. The van der Waals surface area contributed by atoms with Crippen molar-refractivity contribution in [1.82, 2.24) is 4.90 Å². The van der Waals surface area contributed by atoms with Crippen LogP contribution in [0.15, 0.2) is 41.0 Å². The van der Waals surface area contributed by atoms with E-state index in [9.17, 15) is 14.4 Å². The third kappa shape index (κ3) is 4.58. The van der Waals surface area contributed by atoms with Crippen molar-refractivity contribution in [2.75, 3.05) is 31.6 Å². The first-order valence-corrected chi connectivity index (χ1v) is 8.98. The van der Waals surface area contributed by atoms with Gasteiger partial charge in [0.2, 0.25) is 0 Å². The summed E-state index contributed by atoms with van der Waals surface area (Å²) < 4.78 is 15.6. The molecule has 3 rings (SSSR count). The maximum Gasteiger partial charge on any atom is 0.338 e. The third-order valence-corrected chi connectivity index (χ3v) is 4.42. The quantitative estimate of drug-likeness (QED) is 0.792. The van der Waals surface area contributed by atoms with E-state index < -0.39 is 18.0 Å². The molecule has 8 heteroatoms. The summed E-state index contributed by atoms with van der Waals surface area (Å²) in [6, 6.07) is 7.96. The minimum atomic E-state index is -0.909. The Morgan fingerprint density at radius 2 is 1.93 bits per heavy atom. The van der Waals surface area contributed by atoms with Crippen LogP contribution in [0.3, 0.4) is 0 Å². The molecule has 2 aromatic rings. The number of nitrogens with zero attached hydrogens (tertiary/aromatic N) is 1. The number of hydrogen-bond acceptors (Lipinski definition) is 6. The number of aryl methyl sites for hydroxylation is 1. The fraction of sp³-hybridized carbons (Fsp3) is 0.350.